The molecule has 1 aliphatic rings. The highest BCUT2D eigenvalue weighted by atomic mass is 32.1. The number of ether oxygens (including phenoxy) is 1. The van der Waals surface area contributed by atoms with Gasteiger partial charge < -0.3 is 9.84 Å². The fourth-order valence-corrected chi connectivity index (χ4v) is 3.59. The Labute approximate surface area is 141 Å². The number of hydrogen-bond donors (Lipinski definition) is 1. The zero-order valence-electron chi connectivity index (χ0n) is 13.7. The Hall–Kier alpha value is -1.43. The first-order valence-electron chi connectivity index (χ1n) is 8.13. The SMILES string of the molecule is Cc1ccc(OCc2nc(CN3CCC(C(C)O)C3)cs2)cc1. The van der Waals surface area contributed by atoms with Crippen LogP contribution in [0.25, 0.3) is 0 Å². The van der Waals surface area contributed by atoms with Crippen molar-refractivity contribution in [3.8, 4) is 5.75 Å². The highest BCUT2D eigenvalue weighted by Crippen LogP contribution is 2.22. The van der Waals surface area contributed by atoms with Gasteiger partial charge in [-0.3, -0.25) is 4.90 Å². The molecule has 2 aromatic rings. The summed E-state index contributed by atoms with van der Waals surface area (Å²) in [5.41, 5.74) is 2.33. The van der Waals surface area contributed by atoms with E-state index in [4.69, 9.17) is 4.74 Å². The molecular formula is C18H24N2O2S. The van der Waals surface area contributed by atoms with Gasteiger partial charge in [-0.1, -0.05) is 17.7 Å². The van der Waals surface area contributed by atoms with Crippen molar-refractivity contribution in [1.82, 2.24) is 9.88 Å². The number of rotatable bonds is 6. The minimum atomic E-state index is -0.214. The normalized spacial score (nSPS) is 19.9. The van der Waals surface area contributed by atoms with Crippen LogP contribution in [-0.4, -0.2) is 34.2 Å². The van der Waals surface area contributed by atoms with E-state index in [9.17, 15) is 5.11 Å². The van der Waals surface area contributed by atoms with E-state index in [0.717, 1.165) is 42.5 Å². The van der Waals surface area contributed by atoms with Crippen molar-refractivity contribution in [2.45, 2.75) is 39.5 Å². The third-order valence-electron chi connectivity index (χ3n) is 4.36. The van der Waals surface area contributed by atoms with Gasteiger partial charge in [0.2, 0.25) is 0 Å². The molecule has 23 heavy (non-hydrogen) atoms. The molecule has 124 valence electrons. The Kier molecular flexibility index (Phi) is 5.30. The van der Waals surface area contributed by atoms with Gasteiger partial charge in [-0.05, 0) is 44.9 Å². The molecule has 1 aromatic carbocycles. The molecule has 2 heterocycles. The quantitative estimate of drug-likeness (QED) is 0.882. The van der Waals surface area contributed by atoms with Gasteiger partial charge in [0.1, 0.15) is 17.4 Å². The second-order valence-corrected chi connectivity index (χ2v) is 7.30. The van der Waals surface area contributed by atoms with Crippen molar-refractivity contribution >= 4 is 11.3 Å². The molecule has 1 fully saturated rings. The zero-order valence-corrected chi connectivity index (χ0v) is 14.6. The van der Waals surface area contributed by atoms with Crippen molar-refractivity contribution in [3.05, 3.63) is 45.9 Å². The first-order chi connectivity index (χ1) is 11.1. The number of aryl methyl sites for hydroxylation is 1. The van der Waals surface area contributed by atoms with Crippen LogP contribution < -0.4 is 4.74 Å². The molecule has 2 unspecified atom stereocenters. The van der Waals surface area contributed by atoms with E-state index in [1.54, 1.807) is 11.3 Å². The predicted octanol–water partition coefficient (Wildman–Crippen LogP) is 3.23. The maximum Gasteiger partial charge on any atom is 0.140 e. The molecule has 0 bridgehead atoms. The van der Waals surface area contributed by atoms with Gasteiger partial charge in [-0.2, -0.15) is 0 Å². The molecule has 0 amide bonds. The number of benzene rings is 1. The van der Waals surface area contributed by atoms with Gasteiger partial charge in [0, 0.05) is 18.5 Å². The van der Waals surface area contributed by atoms with E-state index in [1.165, 1.54) is 5.56 Å². The minimum Gasteiger partial charge on any atom is -0.486 e. The number of thiazole rings is 1. The van der Waals surface area contributed by atoms with E-state index in [0.29, 0.717) is 12.5 Å². The maximum atomic E-state index is 9.68. The highest BCUT2D eigenvalue weighted by molar-refractivity contribution is 7.09. The predicted molar refractivity (Wildman–Crippen MR) is 92.7 cm³/mol. The molecule has 1 aliphatic heterocycles. The van der Waals surface area contributed by atoms with E-state index >= 15 is 0 Å². The van der Waals surface area contributed by atoms with E-state index in [-0.39, 0.29) is 6.10 Å². The van der Waals surface area contributed by atoms with Crippen molar-refractivity contribution in [1.29, 1.82) is 0 Å². The Bertz CT molecular complexity index is 624. The molecule has 1 N–H and O–H groups in total. The molecule has 0 aliphatic carbocycles. The first-order valence-corrected chi connectivity index (χ1v) is 9.01. The van der Waals surface area contributed by atoms with Crippen LogP contribution in [0.1, 0.15) is 29.6 Å². The standard InChI is InChI=1S/C18H24N2O2S/c1-13-3-5-17(6-4-13)22-11-18-19-16(12-23-18)10-20-8-7-15(9-20)14(2)21/h3-6,12,14-15,21H,7-11H2,1-2H3. The Morgan fingerprint density at radius 2 is 2.17 bits per heavy atom. The fraction of sp³-hybridized carbons (Fsp3) is 0.500. The number of aliphatic hydroxyl groups is 1. The second-order valence-electron chi connectivity index (χ2n) is 6.36. The van der Waals surface area contributed by atoms with Gasteiger partial charge >= 0.3 is 0 Å². The lowest BCUT2D eigenvalue weighted by Crippen LogP contribution is -2.24. The Balaban J connectivity index is 1.49. The lowest BCUT2D eigenvalue weighted by molar-refractivity contribution is 0.127. The second kappa shape index (κ2) is 7.43. The number of aromatic nitrogens is 1. The summed E-state index contributed by atoms with van der Waals surface area (Å²) in [4.78, 5) is 7.04. The monoisotopic (exact) mass is 332 g/mol. The summed E-state index contributed by atoms with van der Waals surface area (Å²) in [5.74, 6) is 1.28. The molecule has 1 aromatic heterocycles. The summed E-state index contributed by atoms with van der Waals surface area (Å²) >= 11 is 1.65. The summed E-state index contributed by atoms with van der Waals surface area (Å²) in [7, 11) is 0. The van der Waals surface area contributed by atoms with Crippen LogP contribution in [0.5, 0.6) is 5.75 Å². The van der Waals surface area contributed by atoms with E-state index in [2.05, 4.69) is 34.3 Å². The first kappa shape index (κ1) is 16.4. The average Bonchev–Trinajstić information content (AvgIpc) is 3.17. The van der Waals surface area contributed by atoms with Crippen LogP contribution in [0.2, 0.25) is 0 Å². The number of nitrogens with zero attached hydrogens (tertiary/aromatic N) is 2. The summed E-state index contributed by atoms with van der Waals surface area (Å²) in [6, 6.07) is 8.08. The largest absolute Gasteiger partial charge is 0.486 e. The topological polar surface area (TPSA) is 45.6 Å². The van der Waals surface area contributed by atoms with Gasteiger partial charge in [-0.25, -0.2) is 4.98 Å². The van der Waals surface area contributed by atoms with Crippen LogP contribution in [0, 0.1) is 12.8 Å². The lowest BCUT2D eigenvalue weighted by Gasteiger charge is -2.16. The third-order valence-corrected chi connectivity index (χ3v) is 5.23. The van der Waals surface area contributed by atoms with E-state index in [1.807, 2.05) is 19.1 Å². The van der Waals surface area contributed by atoms with Crippen LogP contribution in [0.3, 0.4) is 0 Å². The molecule has 0 saturated carbocycles. The van der Waals surface area contributed by atoms with Gasteiger partial charge in [-0.15, -0.1) is 11.3 Å². The average molecular weight is 332 g/mol. The number of likely N-dealkylation sites (tertiary alicyclic amines) is 1. The maximum absolute atomic E-state index is 9.68. The Morgan fingerprint density at radius 3 is 2.87 bits per heavy atom. The van der Waals surface area contributed by atoms with Gasteiger partial charge in [0.05, 0.1) is 11.8 Å². The van der Waals surface area contributed by atoms with Crippen LogP contribution in [0.4, 0.5) is 0 Å². The van der Waals surface area contributed by atoms with Crippen LogP contribution >= 0.6 is 11.3 Å². The molecule has 3 rings (SSSR count). The molecule has 1 saturated heterocycles. The molecule has 2 atom stereocenters. The van der Waals surface area contributed by atoms with Crippen LogP contribution in [-0.2, 0) is 13.2 Å². The zero-order chi connectivity index (χ0) is 16.2. The molecule has 0 radical (unpaired) electrons. The fourth-order valence-electron chi connectivity index (χ4n) is 2.90. The van der Waals surface area contributed by atoms with Gasteiger partial charge in [0.25, 0.3) is 0 Å². The van der Waals surface area contributed by atoms with Crippen molar-refractivity contribution < 1.29 is 9.84 Å². The highest BCUT2D eigenvalue weighted by Gasteiger charge is 2.26. The summed E-state index contributed by atoms with van der Waals surface area (Å²) < 4.78 is 5.78. The van der Waals surface area contributed by atoms with Crippen molar-refractivity contribution in [3.63, 3.8) is 0 Å². The minimum absolute atomic E-state index is 0.214. The molecule has 4 nitrogen and oxygen atoms in total. The molecule has 0 spiro atoms. The lowest BCUT2D eigenvalue weighted by atomic mass is 10.0. The van der Waals surface area contributed by atoms with Crippen molar-refractivity contribution in [2.24, 2.45) is 5.92 Å². The van der Waals surface area contributed by atoms with Crippen molar-refractivity contribution in [2.75, 3.05) is 13.1 Å². The van der Waals surface area contributed by atoms with E-state index < -0.39 is 0 Å². The summed E-state index contributed by atoms with van der Waals surface area (Å²) in [6.07, 6.45) is 0.861. The number of aliphatic hydroxyl groups excluding tert-OH is 1. The summed E-state index contributed by atoms with van der Waals surface area (Å²) in [5, 5.41) is 12.8. The van der Waals surface area contributed by atoms with Gasteiger partial charge in [0.15, 0.2) is 0 Å². The smallest absolute Gasteiger partial charge is 0.140 e. The molecule has 5 heteroatoms. The Morgan fingerprint density at radius 1 is 1.39 bits per heavy atom. The van der Waals surface area contributed by atoms with Crippen LogP contribution in [0.15, 0.2) is 29.6 Å². The number of hydrogen-bond acceptors (Lipinski definition) is 5. The molecular weight excluding hydrogens is 308 g/mol. The third kappa shape index (κ3) is 4.53. The summed E-state index contributed by atoms with van der Waals surface area (Å²) in [6.45, 7) is 7.34.